The number of aliphatic carboxylic acids is 1. The van der Waals surface area contributed by atoms with Gasteiger partial charge in [-0.2, -0.15) is 0 Å². The fourth-order valence-corrected chi connectivity index (χ4v) is 4.11. The van der Waals surface area contributed by atoms with Crippen molar-refractivity contribution in [3.8, 4) is 0 Å². The average Bonchev–Trinajstić information content (AvgIpc) is 3.29. The van der Waals surface area contributed by atoms with Crippen LogP contribution in [0.25, 0.3) is 0 Å². The number of aliphatic hydroxyl groups is 1. The van der Waals surface area contributed by atoms with E-state index in [1.165, 1.54) is 6.92 Å². The first-order valence-corrected chi connectivity index (χ1v) is 12.6. The smallest absolute Gasteiger partial charge is 0.283 e. The molecule has 1 fully saturated rings. The number of nitrogens with one attached hydrogen (secondary N) is 2. The first-order valence-electron chi connectivity index (χ1n) is 11.1. The lowest BCUT2D eigenvalue weighted by molar-refractivity contribution is -0.415. The van der Waals surface area contributed by atoms with Crippen molar-refractivity contribution < 1.29 is 54.0 Å². The molecule has 0 aliphatic carbocycles. The number of carbonyl (C=O) groups excluding carboxylic acids is 4. The lowest BCUT2D eigenvalue weighted by atomic mass is 10.0. The summed E-state index contributed by atoms with van der Waals surface area (Å²) in [4.78, 5) is 72.3. The van der Waals surface area contributed by atoms with Crippen LogP contribution in [0.5, 0.6) is 0 Å². The van der Waals surface area contributed by atoms with Gasteiger partial charge in [0.05, 0.1) is 25.9 Å². The molecule has 5 atom stereocenters. The van der Waals surface area contributed by atoms with E-state index in [0.717, 1.165) is 4.90 Å². The number of phosphoric acid groups is 1. The van der Waals surface area contributed by atoms with Gasteiger partial charge in [0.15, 0.2) is 6.04 Å². The number of quaternary nitrogens is 1. The van der Waals surface area contributed by atoms with E-state index in [4.69, 9.17) is 0 Å². The van der Waals surface area contributed by atoms with Gasteiger partial charge in [-0.25, -0.2) is 0 Å². The molecule has 0 bridgehead atoms. The lowest BCUT2D eigenvalue weighted by Gasteiger charge is -2.31. The number of benzene rings is 1. The largest absolute Gasteiger partial charge is 0.790 e. The second kappa shape index (κ2) is 12.9. The maximum Gasteiger partial charge on any atom is 0.283 e. The highest BCUT2D eigenvalue weighted by Crippen LogP contribution is 2.25. The normalized spacial score (nSPS) is 19.1. The summed E-state index contributed by atoms with van der Waals surface area (Å²) < 4.78 is 14.7. The zero-order valence-corrected chi connectivity index (χ0v) is 20.4. The Bertz CT molecular complexity index is 986. The second-order valence-electron chi connectivity index (χ2n) is 8.43. The van der Waals surface area contributed by atoms with Gasteiger partial charge in [0, 0.05) is 6.54 Å². The van der Waals surface area contributed by atoms with E-state index in [0.29, 0.717) is 12.0 Å². The number of hydrogen-bond donors (Lipinski definition) is 4. The first kappa shape index (κ1) is 29.4. The van der Waals surface area contributed by atoms with Crippen LogP contribution >= 0.6 is 7.82 Å². The first-order chi connectivity index (χ1) is 16.8. The van der Waals surface area contributed by atoms with E-state index in [1.54, 1.807) is 30.3 Å². The Morgan fingerprint density at radius 3 is 2.42 bits per heavy atom. The van der Waals surface area contributed by atoms with Crippen LogP contribution in [0.2, 0.25) is 0 Å². The summed E-state index contributed by atoms with van der Waals surface area (Å²) in [6.45, 7) is 0.560. The average molecular weight is 528 g/mol. The molecule has 1 aliphatic heterocycles. The zero-order valence-electron chi connectivity index (χ0n) is 19.5. The minimum Gasteiger partial charge on any atom is -0.790 e. The van der Waals surface area contributed by atoms with Crippen LogP contribution in [0.4, 0.5) is 0 Å². The van der Waals surface area contributed by atoms with Gasteiger partial charge in [0.25, 0.3) is 5.91 Å². The summed E-state index contributed by atoms with van der Waals surface area (Å²) in [5.74, 6) is -4.05. The summed E-state index contributed by atoms with van der Waals surface area (Å²) in [5.41, 5.74) is 4.08. The van der Waals surface area contributed by atoms with Crippen LogP contribution in [0.1, 0.15) is 25.3 Å². The standard InChI is InChI=1S/C21H31N4O10P/c1-12(26)17(19(28)23-15(21(30)31)10-13-6-3-2-4-7-13)24-18(27)16-8-5-9-25(16)20(29)14(22)11-35-36(32,33)34/h2-4,6-7,12,14-17,26H,5,8-11,22H2,1H3,(H,23,28)(H,24,27)(H,30,31)(H2,32,33,34)/p-2/t12-,14+,15+,16+,17+/m1/s1. The molecule has 1 heterocycles. The Kier molecular flexibility index (Phi) is 10.5. The van der Waals surface area contributed by atoms with Crippen LogP contribution < -0.4 is 31.3 Å². The van der Waals surface area contributed by atoms with Gasteiger partial charge >= 0.3 is 0 Å². The lowest BCUT2D eigenvalue weighted by Crippen LogP contribution is -2.71. The van der Waals surface area contributed by atoms with E-state index in [1.807, 2.05) is 0 Å². The highest BCUT2D eigenvalue weighted by Gasteiger charge is 2.39. The van der Waals surface area contributed by atoms with E-state index < -0.39 is 68.4 Å². The number of carboxylic acid groups (broad SMARTS) is 1. The number of carbonyl (C=O) groups is 4. The van der Waals surface area contributed by atoms with Crippen molar-refractivity contribution in [3.63, 3.8) is 0 Å². The Labute approximate surface area is 207 Å². The molecule has 2 rings (SSSR count). The van der Waals surface area contributed by atoms with Crippen LogP contribution in [0.15, 0.2) is 30.3 Å². The quantitative estimate of drug-likeness (QED) is 0.188. The second-order valence-corrected chi connectivity index (χ2v) is 9.58. The van der Waals surface area contributed by atoms with E-state index >= 15 is 0 Å². The Morgan fingerprint density at radius 1 is 1.22 bits per heavy atom. The van der Waals surface area contributed by atoms with Crippen LogP contribution in [0.3, 0.4) is 0 Å². The molecular formula is C21H29N4O10P-2. The Balaban J connectivity index is 2.06. The molecule has 15 heteroatoms. The number of rotatable bonds is 12. The van der Waals surface area contributed by atoms with Crippen molar-refractivity contribution in [1.82, 2.24) is 15.5 Å². The van der Waals surface area contributed by atoms with Gasteiger partial charge in [-0.3, -0.25) is 14.4 Å². The Morgan fingerprint density at radius 2 is 1.86 bits per heavy atom. The molecule has 14 nitrogen and oxygen atoms in total. The van der Waals surface area contributed by atoms with Crippen molar-refractivity contribution in [3.05, 3.63) is 35.9 Å². The van der Waals surface area contributed by atoms with Crippen molar-refractivity contribution in [2.24, 2.45) is 0 Å². The molecule has 6 N–H and O–H groups in total. The highest BCUT2D eigenvalue weighted by molar-refractivity contribution is 7.43. The molecule has 3 amide bonds. The summed E-state index contributed by atoms with van der Waals surface area (Å²) >= 11 is 0. The maximum absolute atomic E-state index is 12.9. The van der Waals surface area contributed by atoms with Gasteiger partial charge in [-0.05, 0) is 31.7 Å². The van der Waals surface area contributed by atoms with Crippen LogP contribution in [-0.4, -0.2) is 77.1 Å². The predicted octanol–water partition coefficient (Wildman–Crippen LogP) is -5.22. The van der Waals surface area contributed by atoms with Gasteiger partial charge in [-0.1, -0.05) is 30.3 Å². The molecule has 0 unspecified atom stereocenters. The third-order valence-electron chi connectivity index (χ3n) is 5.57. The minimum absolute atomic E-state index is 0.0904. The predicted molar refractivity (Wildman–Crippen MR) is 116 cm³/mol. The topological polar surface area (TPSA) is 239 Å². The van der Waals surface area contributed by atoms with Crippen LogP contribution in [0, 0.1) is 0 Å². The molecule has 0 radical (unpaired) electrons. The van der Waals surface area contributed by atoms with Crippen molar-refractivity contribution >= 4 is 31.5 Å². The van der Waals surface area contributed by atoms with Gasteiger partial charge < -0.3 is 55.2 Å². The van der Waals surface area contributed by atoms with Crippen LogP contribution in [-0.2, 0) is 34.7 Å². The number of phosphoric ester groups is 1. The molecule has 0 spiro atoms. The van der Waals surface area contributed by atoms with E-state index in [-0.39, 0.29) is 19.4 Å². The number of nitrogens with zero attached hydrogens (tertiary/aromatic N) is 1. The van der Waals surface area contributed by atoms with Gasteiger partial charge in [-0.15, -0.1) is 0 Å². The molecule has 0 aromatic heterocycles. The Hall–Kier alpha value is -2.87. The number of hydrogen-bond acceptors (Lipinski definition) is 10. The number of likely N-dealkylation sites (tertiary alicyclic amines) is 1. The summed E-state index contributed by atoms with van der Waals surface area (Å²) in [5, 5.41) is 26.3. The molecular weight excluding hydrogens is 499 g/mol. The molecule has 36 heavy (non-hydrogen) atoms. The number of aliphatic hydroxyl groups excluding tert-OH is 1. The molecule has 200 valence electrons. The zero-order chi connectivity index (χ0) is 27.0. The third-order valence-corrected chi connectivity index (χ3v) is 6.03. The SMILES string of the molecule is C[C@@H](O)[C@H](NC(=O)[C@@H]1CCCN1C(=O)[C@@H]([NH3+])COP(=O)([O-])[O-])C(=O)N[C@@H](Cc1ccccc1)C(=O)[O-]. The van der Waals surface area contributed by atoms with E-state index in [9.17, 15) is 43.7 Å². The molecule has 1 saturated heterocycles. The minimum atomic E-state index is -5.32. The monoisotopic (exact) mass is 528 g/mol. The number of carboxylic acids is 1. The highest BCUT2D eigenvalue weighted by atomic mass is 31.2. The van der Waals surface area contributed by atoms with Crippen molar-refractivity contribution in [2.75, 3.05) is 13.2 Å². The fraction of sp³-hybridized carbons (Fsp3) is 0.524. The molecule has 1 aromatic rings. The maximum atomic E-state index is 12.9. The number of amides is 3. The fourth-order valence-electron chi connectivity index (χ4n) is 3.75. The van der Waals surface area contributed by atoms with E-state index in [2.05, 4.69) is 20.9 Å². The van der Waals surface area contributed by atoms with Gasteiger partial charge in [0.1, 0.15) is 18.7 Å². The van der Waals surface area contributed by atoms with Crippen molar-refractivity contribution in [1.29, 1.82) is 0 Å². The molecule has 1 aromatic carbocycles. The molecule has 0 saturated carbocycles. The van der Waals surface area contributed by atoms with Crippen molar-refractivity contribution in [2.45, 2.75) is 56.5 Å². The summed E-state index contributed by atoms with van der Waals surface area (Å²) in [6.07, 6.45) is -0.895. The summed E-state index contributed by atoms with van der Waals surface area (Å²) in [6, 6.07) is 3.12. The third kappa shape index (κ3) is 8.66. The summed E-state index contributed by atoms with van der Waals surface area (Å²) in [7, 11) is -5.32. The van der Waals surface area contributed by atoms with Gasteiger partial charge in [0.2, 0.25) is 11.8 Å². The molecule has 1 aliphatic rings.